The van der Waals surface area contributed by atoms with E-state index in [1.807, 2.05) is 0 Å². The Bertz CT molecular complexity index is 826. The number of nitrogens with zero attached hydrogens (tertiary/aromatic N) is 2. The van der Waals surface area contributed by atoms with Gasteiger partial charge in [-0.05, 0) is 18.2 Å². The van der Waals surface area contributed by atoms with Crippen LogP contribution in [0.1, 0.15) is 6.42 Å². The predicted molar refractivity (Wildman–Crippen MR) is 86.3 cm³/mol. The lowest BCUT2D eigenvalue weighted by atomic mass is 10.3. The van der Waals surface area contributed by atoms with Crippen molar-refractivity contribution < 1.29 is 17.9 Å². The minimum atomic E-state index is -3.77. The summed E-state index contributed by atoms with van der Waals surface area (Å²) in [6.07, 6.45) is 1.50. The number of ether oxygens (including phenoxy) is 1. The Morgan fingerprint density at radius 2 is 2.04 bits per heavy atom. The van der Waals surface area contributed by atoms with E-state index in [2.05, 4.69) is 4.98 Å². The fraction of sp³-hybridized carbons (Fsp3) is 0.200. The maximum atomic E-state index is 12.1. The summed E-state index contributed by atoms with van der Waals surface area (Å²) in [5.74, 6) is 0.652. The summed E-state index contributed by atoms with van der Waals surface area (Å²) in [4.78, 5) is 17.5. The molecule has 1 aliphatic heterocycles. The van der Waals surface area contributed by atoms with Gasteiger partial charge in [-0.2, -0.15) is 0 Å². The average Bonchev–Trinajstić information content (AvgIpc) is 2.91. The van der Waals surface area contributed by atoms with Crippen molar-refractivity contribution in [2.24, 2.45) is 0 Å². The lowest BCUT2D eigenvalue weighted by molar-refractivity contribution is -0.117. The van der Waals surface area contributed by atoms with Crippen LogP contribution in [-0.2, 0) is 13.8 Å². The largest absolute Gasteiger partial charge is 0.439 e. The molecule has 0 aliphatic carbocycles. The molecule has 2 heterocycles. The fourth-order valence-electron chi connectivity index (χ4n) is 2.36. The highest BCUT2D eigenvalue weighted by atomic mass is 35.7. The van der Waals surface area contributed by atoms with E-state index >= 15 is 0 Å². The number of halogens is 1. The predicted octanol–water partition coefficient (Wildman–Crippen LogP) is 2.55. The molecule has 1 amide bonds. The molecular formula is C15H13ClN2O4S. The van der Waals surface area contributed by atoms with Crippen molar-refractivity contribution in [2.45, 2.75) is 11.7 Å². The van der Waals surface area contributed by atoms with Crippen molar-refractivity contribution in [3.05, 3.63) is 48.7 Å². The van der Waals surface area contributed by atoms with E-state index in [4.69, 9.17) is 15.4 Å². The summed E-state index contributed by atoms with van der Waals surface area (Å²) in [5.41, 5.74) is 0.561. The Labute approximate surface area is 138 Å². The van der Waals surface area contributed by atoms with Crippen LogP contribution in [0.2, 0.25) is 0 Å². The van der Waals surface area contributed by atoms with Crippen LogP contribution in [0.3, 0.4) is 0 Å². The number of hydrogen-bond acceptors (Lipinski definition) is 5. The third-order valence-corrected chi connectivity index (χ3v) is 5.35. The third kappa shape index (κ3) is 3.62. The molecule has 1 aromatic carbocycles. The highest BCUT2D eigenvalue weighted by Gasteiger charge is 2.38. The first-order chi connectivity index (χ1) is 10.9. The summed E-state index contributed by atoms with van der Waals surface area (Å²) in [6, 6.07) is 12.1. The highest BCUT2D eigenvalue weighted by Crippen LogP contribution is 2.30. The Balaban J connectivity index is 1.81. The summed E-state index contributed by atoms with van der Waals surface area (Å²) in [5, 5.41) is -0.892. The van der Waals surface area contributed by atoms with Gasteiger partial charge in [0.1, 0.15) is 11.0 Å². The van der Waals surface area contributed by atoms with Crippen molar-refractivity contribution in [3.8, 4) is 11.6 Å². The standard InChI is InChI=1S/C15H13ClN2O4S/c16-23(20,21)13-9-15(19)18(10-13)11-4-3-5-12(8-11)22-14-6-1-2-7-17-14/h1-8,13H,9-10H2. The normalized spacial score (nSPS) is 18.2. The Hall–Kier alpha value is -2.12. The summed E-state index contributed by atoms with van der Waals surface area (Å²) < 4.78 is 28.4. The second kappa shape index (κ2) is 6.17. The lowest BCUT2D eigenvalue weighted by Gasteiger charge is -2.17. The van der Waals surface area contributed by atoms with E-state index in [1.165, 1.54) is 4.90 Å². The molecule has 8 heteroatoms. The second-order valence-corrected chi connectivity index (χ2v) is 7.98. The van der Waals surface area contributed by atoms with Gasteiger partial charge < -0.3 is 9.64 Å². The Kier molecular flexibility index (Phi) is 4.23. The van der Waals surface area contributed by atoms with Crippen LogP contribution in [0.25, 0.3) is 0 Å². The number of carbonyl (C=O) groups is 1. The van der Waals surface area contributed by atoms with Gasteiger partial charge in [-0.1, -0.05) is 12.1 Å². The molecular weight excluding hydrogens is 340 g/mol. The molecule has 0 radical (unpaired) electrons. The van der Waals surface area contributed by atoms with E-state index in [0.717, 1.165) is 0 Å². The minimum Gasteiger partial charge on any atom is -0.439 e. The van der Waals surface area contributed by atoms with Crippen molar-refractivity contribution in [3.63, 3.8) is 0 Å². The van der Waals surface area contributed by atoms with E-state index in [-0.39, 0.29) is 18.9 Å². The molecule has 1 unspecified atom stereocenters. The summed E-state index contributed by atoms with van der Waals surface area (Å²) in [6.45, 7) is 0.0394. The SMILES string of the molecule is O=C1CC(S(=O)(=O)Cl)CN1c1cccc(Oc2ccccn2)c1. The molecule has 6 nitrogen and oxygen atoms in total. The molecule has 120 valence electrons. The van der Waals surface area contributed by atoms with Crippen LogP contribution in [0, 0.1) is 0 Å². The Morgan fingerprint density at radius 3 is 2.70 bits per heavy atom. The number of pyridine rings is 1. The molecule has 1 aromatic heterocycles. The monoisotopic (exact) mass is 352 g/mol. The zero-order chi connectivity index (χ0) is 16.4. The van der Waals surface area contributed by atoms with Crippen LogP contribution in [-0.4, -0.2) is 31.1 Å². The quantitative estimate of drug-likeness (QED) is 0.790. The minimum absolute atomic E-state index is 0.0394. The number of aromatic nitrogens is 1. The van der Waals surface area contributed by atoms with E-state index in [0.29, 0.717) is 17.3 Å². The molecule has 0 bridgehead atoms. The van der Waals surface area contributed by atoms with Gasteiger partial charge in [0.2, 0.25) is 20.8 Å². The van der Waals surface area contributed by atoms with Crippen molar-refractivity contribution in [1.29, 1.82) is 0 Å². The first-order valence-corrected chi connectivity index (χ1v) is 9.23. The van der Waals surface area contributed by atoms with Crippen LogP contribution < -0.4 is 9.64 Å². The van der Waals surface area contributed by atoms with Crippen molar-refractivity contribution >= 4 is 31.3 Å². The van der Waals surface area contributed by atoms with Gasteiger partial charge >= 0.3 is 0 Å². The van der Waals surface area contributed by atoms with Gasteiger partial charge in [0.25, 0.3) is 0 Å². The maximum absolute atomic E-state index is 12.1. The molecule has 1 fully saturated rings. The van der Waals surface area contributed by atoms with E-state index in [1.54, 1.807) is 48.7 Å². The second-order valence-electron chi connectivity index (χ2n) is 5.07. The average molecular weight is 353 g/mol. The van der Waals surface area contributed by atoms with Gasteiger partial charge in [0, 0.05) is 47.7 Å². The summed E-state index contributed by atoms with van der Waals surface area (Å²) in [7, 11) is 1.59. The number of carbonyl (C=O) groups excluding carboxylic acids is 1. The highest BCUT2D eigenvalue weighted by molar-refractivity contribution is 8.14. The van der Waals surface area contributed by atoms with E-state index < -0.39 is 14.3 Å². The summed E-state index contributed by atoms with van der Waals surface area (Å²) >= 11 is 0. The zero-order valence-corrected chi connectivity index (χ0v) is 13.5. The number of benzene rings is 1. The number of hydrogen-bond donors (Lipinski definition) is 0. The zero-order valence-electron chi connectivity index (χ0n) is 11.9. The smallest absolute Gasteiger partial charge is 0.237 e. The fourth-order valence-corrected chi connectivity index (χ4v) is 3.38. The molecule has 23 heavy (non-hydrogen) atoms. The Morgan fingerprint density at radius 1 is 1.22 bits per heavy atom. The third-order valence-electron chi connectivity index (χ3n) is 3.48. The van der Waals surface area contributed by atoms with Gasteiger partial charge in [0.05, 0.1) is 0 Å². The molecule has 0 N–H and O–H groups in total. The lowest BCUT2D eigenvalue weighted by Crippen LogP contribution is -2.26. The number of amides is 1. The van der Waals surface area contributed by atoms with Crippen molar-refractivity contribution in [1.82, 2.24) is 4.98 Å². The van der Waals surface area contributed by atoms with E-state index in [9.17, 15) is 13.2 Å². The van der Waals surface area contributed by atoms with Crippen LogP contribution in [0.4, 0.5) is 5.69 Å². The molecule has 1 saturated heterocycles. The molecule has 0 spiro atoms. The van der Waals surface area contributed by atoms with Crippen LogP contribution >= 0.6 is 10.7 Å². The molecule has 2 aromatic rings. The van der Waals surface area contributed by atoms with Crippen LogP contribution in [0.5, 0.6) is 11.6 Å². The number of anilines is 1. The topological polar surface area (TPSA) is 76.6 Å². The first-order valence-electron chi connectivity index (χ1n) is 6.86. The molecule has 1 atom stereocenters. The van der Waals surface area contributed by atoms with Gasteiger partial charge in [0.15, 0.2) is 0 Å². The van der Waals surface area contributed by atoms with Crippen molar-refractivity contribution in [2.75, 3.05) is 11.4 Å². The molecule has 0 saturated carbocycles. The molecule has 1 aliphatic rings. The first kappa shape index (κ1) is 15.8. The molecule has 3 rings (SSSR count). The maximum Gasteiger partial charge on any atom is 0.237 e. The van der Waals surface area contributed by atoms with Gasteiger partial charge in [-0.15, -0.1) is 0 Å². The van der Waals surface area contributed by atoms with Gasteiger partial charge in [-0.3, -0.25) is 4.79 Å². The van der Waals surface area contributed by atoms with Gasteiger partial charge in [-0.25, -0.2) is 13.4 Å². The number of rotatable bonds is 4. The van der Waals surface area contributed by atoms with Crippen LogP contribution in [0.15, 0.2) is 48.7 Å².